The second-order valence-electron chi connectivity index (χ2n) is 10.3. The molecule has 0 radical (unpaired) electrons. The second-order valence-corrected chi connectivity index (χ2v) is 10.3. The summed E-state index contributed by atoms with van der Waals surface area (Å²) in [6.45, 7) is 2.03. The molecular formula is C29H27F4N5O5. The molecule has 4 aromatic rings. The van der Waals surface area contributed by atoms with E-state index in [0.29, 0.717) is 0 Å². The van der Waals surface area contributed by atoms with Crippen molar-refractivity contribution in [2.24, 2.45) is 12.5 Å². The van der Waals surface area contributed by atoms with E-state index in [1.54, 1.807) is 20.8 Å². The van der Waals surface area contributed by atoms with E-state index >= 15 is 8.78 Å². The van der Waals surface area contributed by atoms with Gasteiger partial charge in [0.15, 0.2) is 5.82 Å². The Morgan fingerprint density at radius 1 is 0.953 bits per heavy atom. The van der Waals surface area contributed by atoms with E-state index < -0.39 is 46.4 Å². The molecule has 0 bridgehead atoms. The van der Waals surface area contributed by atoms with Gasteiger partial charge in [0.2, 0.25) is 5.91 Å². The minimum absolute atomic E-state index is 0.0382. The lowest BCUT2D eigenvalue weighted by molar-refractivity contribution is -0.123. The molecule has 14 heteroatoms. The predicted molar refractivity (Wildman–Crippen MR) is 150 cm³/mol. The molecule has 43 heavy (non-hydrogen) atoms. The van der Waals surface area contributed by atoms with Crippen LogP contribution in [0.5, 0.6) is 11.5 Å². The molecule has 0 aliphatic carbocycles. The number of hydrogen-bond acceptors (Lipinski definition) is 6. The van der Waals surface area contributed by atoms with Gasteiger partial charge in [-0.15, -0.1) is 0 Å². The Kier molecular flexibility index (Phi) is 8.60. The van der Waals surface area contributed by atoms with Crippen LogP contribution in [0.2, 0.25) is 0 Å². The quantitative estimate of drug-likeness (QED) is 0.263. The number of alkyl halides is 2. The van der Waals surface area contributed by atoms with Crippen molar-refractivity contribution in [2.75, 3.05) is 17.7 Å². The van der Waals surface area contributed by atoms with E-state index in [-0.39, 0.29) is 40.3 Å². The fourth-order valence-electron chi connectivity index (χ4n) is 4.04. The van der Waals surface area contributed by atoms with Crippen molar-refractivity contribution in [3.05, 3.63) is 82.1 Å². The minimum atomic E-state index is -3.08. The number of pyridine rings is 1. The number of anilines is 2. The number of carbonyl (C=O) groups is 2. The summed E-state index contributed by atoms with van der Waals surface area (Å²) in [6, 6.07) is 10.8. The number of nitrogens with one attached hydrogen (secondary N) is 2. The fourth-order valence-corrected chi connectivity index (χ4v) is 4.04. The average molecular weight is 602 g/mol. The number of ether oxygens (including phenoxy) is 2. The molecule has 0 saturated heterocycles. The molecule has 0 atom stereocenters. The highest BCUT2D eigenvalue weighted by Crippen LogP contribution is 2.34. The van der Waals surface area contributed by atoms with E-state index in [1.807, 2.05) is 0 Å². The first-order chi connectivity index (χ1) is 20.2. The van der Waals surface area contributed by atoms with Crippen LogP contribution in [0.1, 0.15) is 31.1 Å². The van der Waals surface area contributed by atoms with Gasteiger partial charge in [-0.05, 0) is 36.4 Å². The number of benzene rings is 2. The highest BCUT2D eigenvalue weighted by Gasteiger charge is 2.28. The maximum Gasteiger partial charge on any atom is 0.387 e. The Morgan fingerprint density at radius 2 is 1.58 bits per heavy atom. The van der Waals surface area contributed by atoms with Crippen molar-refractivity contribution >= 4 is 23.3 Å². The van der Waals surface area contributed by atoms with Gasteiger partial charge in [-0.2, -0.15) is 13.5 Å². The average Bonchev–Trinajstić information content (AvgIpc) is 3.16. The van der Waals surface area contributed by atoms with Crippen molar-refractivity contribution in [1.29, 1.82) is 0 Å². The monoisotopic (exact) mass is 601 g/mol. The third kappa shape index (κ3) is 6.52. The molecule has 0 fully saturated rings. The molecule has 10 nitrogen and oxygen atoms in total. The summed E-state index contributed by atoms with van der Waals surface area (Å²) in [6.07, 6.45) is 0. The number of hydrogen-bond donors (Lipinski definition) is 2. The van der Waals surface area contributed by atoms with Crippen molar-refractivity contribution in [2.45, 2.75) is 27.4 Å². The van der Waals surface area contributed by atoms with Crippen LogP contribution in [0.3, 0.4) is 0 Å². The SMILES string of the molecule is COc1cc(F)c(-c2c(NC(=O)c3ccc(OC(F)F)cc3)c(=O)n(-c3cccc(NC(=O)C(C)(C)C)n3)n2C)c(F)c1. The van der Waals surface area contributed by atoms with Crippen LogP contribution >= 0.6 is 0 Å². The first-order valence-electron chi connectivity index (χ1n) is 12.7. The number of methoxy groups -OCH3 is 1. The van der Waals surface area contributed by atoms with Crippen LogP contribution in [-0.2, 0) is 11.8 Å². The topological polar surface area (TPSA) is 116 Å². The largest absolute Gasteiger partial charge is 0.497 e. The van der Waals surface area contributed by atoms with Gasteiger partial charge in [-0.3, -0.25) is 19.1 Å². The number of nitrogens with zero attached hydrogens (tertiary/aromatic N) is 3. The molecule has 4 rings (SSSR count). The predicted octanol–water partition coefficient (Wildman–Crippen LogP) is 5.36. The first kappa shape index (κ1) is 30.8. The zero-order valence-electron chi connectivity index (χ0n) is 23.7. The maximum absolute atomic E-state index is 15.3. The van der Waals surface area contributed by atoms with Crippen LogP contribution in [0, 0.1) is 17.0 Å². The van der Waals surface area contributed by atoms with Crippen LogP contribution in [0.25, 0.3) is 17.1 Å². The molecule has 2 heterocycles. The number of halogens is 4. The molecule has 2 N–H and O–H groups in total. The van der Waals surface area contributed by atoms with Gasteiger partial charge in [0.1, 0.15) is 40.3 Å². The van der Waals surface area contributed by atoms with Crippen molar-refractivity contribution in [3.8, 4) is 28.6 Å². The third-order valence-corrected chi connectivity index (χ3v) is 6.21. The Morgan fingerprint density at radius 3 is 2.14 bits per heavy atom. The summed E-state index contributed by atoms with van der Waals surface area (Å²) >= 11 is 0. The van der Waals surface area contributed by atoms with E-state index in [9.17, 15) is 23.2 Å². The van der Waals surface area contributed by atoms with Crippen molar-refractivity contribution in [1.82, 2.24) is 14.3 Å². The number of rotatable bonds is 8. The van der Waals surface area contributed by atoms with Gasteiger partial charge in [0.25, 0.3) is 11.5 Å². The number of amides is 2. The molecule has 0 aliphatic rings. The minimum Gasteiger partial charge on any atom is -0.497 e. The summed E-state index contributed by atoms with van der Waals surface area (Å²) in [4.78, 5) is 43.8. The van der Waals surface area contributed by atoms with Gasteiger partial charge < -0.3 is 20.1 Å². The third-order valence-electron chi connectivity index (χ3n) is 6.21. The molecule has 2 aromatic carbocycles. The summed E-state index contributed by atoms with van der Waals surface area (Å²) < 4.78 is 66.9. The molecule has 0 saturated carbocycles. The first-order valence-corrected chi connectivity index (χ1v) is 12.7. The standard InChI is InChI=1S/C29H27F4N5O5/c1-29(2,3)27(41)35-20-7-6-8-21(34-20)38-26(40)23(36-25(39)15-9-11-16(12-10-15)43-28(32)33)24(37(38)4)22-18(30)13-17(42-5)14-19(22)31/h6-14,28H,1-5H3,(H,36,39)(H,34,35,41). The summed E-state index contributed by atoms with van der Waals surface area (Å²) in [5.41, 5.74) is -3.23. The Hall–Kier alpha value is -5.14. The number of carbonyl (C=O) groups excluding carboxylic acids is 2. The van der Waals surface area contributed by atoms with Gasteiger partial charge >= 0.3 is 6.61 Å². The van der Waals surface area contributed by atoms with Gasteiger partial charge in [0, 0.05) is 30.2 Å². The molecule has 2 aromatic heterocycles. The molecule has 2 amide bonds. The zero-order valence-corrected chi connectivity index (χ0v) is 23.7. The van der Waals surface area contributed by atoms with E-state index in [2.05, 4.69) is 20.4 Å². The highest BCUT2D eigenvalue weighted by molar-refractivity contribution is 6.06. The van der Waals surface area contributed by atoms with Crippen LogP contribution in [-0.4, -0.2) is 39.9 Å². The lowest BCUT2D eigenvalue weighted by Crippen LogP contribution is -2.28. The van der Waals surface area contributed by atoms with Gasteiger partial charge in [0.05, 0.1) is 12.7 Å². The second kappa shape index (κ2) is 12.0. The molecule has 226 valence electrons. The smallest absolute Gasteiger partial charge is 0.387 e. The number of aromatic nitrogens is 3. The highest BCUT2D eigenvalue weighted by atomic mass is 19.3. The van der Waals surface area contributed by atoms with Gasteiger partial charge in [-0.1, -0.05) is 26.8 Å². The lowest BCUT2D eigenvalue weighted by Gasteiger charge is -2.17. The summed E-state index contributed by atoms with van der Waals surface area (Å²) in [7, 11) is 2.55. The van der Waals surface area contributed by atoms with E-state index in [0.717, 1.165) is 33.6 Å². The Bertz CT molecular complexity index is 1720. The fraction of sp³-hybridized carbons (Fsp3) is 0.241. The van der Waals surface area contributed by atoms with E-state index in [1.165, 1.54) is 44.5 Å². The molecule has 0 aliphatic heterocycles. The zero-order chi connectivity index (χ0) is 31.6. The van der Waals surface area contributed by atoms with Crippen molar-refractivity contribution in [3.63, 3.8) is 0 Å². The van der Waals surface area contributed by atoms with Gasteiger partial charge in [-0.25, -0.2) is 13.8 Å². The molecule has 0 unspecified atom stereocenters. The normalized spacial score (nSPS) is 11.4. The molecule has 0 spiro atoms. The maximum atomic E-state index is 15.3. The van der Waals surface area contributed by atoms with E-state index in [4.69, 9.17) is 4.74 Å². The lowest BCUT2D eigenvalue weighted by atomic mass is 9.96. The van der Waals surface area contributed by atoms with Crippen LogP contribution in [0.15, 0.2) is 59.4 Å². The Labute approximate surface area is 242 Å². The summed E-state index contributed by atoms with van der Waals surface area (Å²) in [5, 5.41) is 5.04. The van der Waals surface area contributed by atoms with Crippen LogP contribution in [0.4, 0.5) is 29.1 Å². The summed E-state index contributed by atoms with van der Waals surface area (Å²) in [5.74, 6) is -3.68. The molecular weight excluding hydrogens is 574 g/mol. The van der Waals surface area contributed by atoms with Crippen molar-refractivity contribution < 1.29 is 36.6 Å². The van der Waals surface area contributed by atoms with Crippen LogP contribution < -0.4 is 25.7 Å². The Balaban J connectivity index is 1.86.